The lowest BCUT2D eigenvalue weighted by atomic mass is 9.97. The van der Waals surface area contributed by atoms with Crippen molar-refractivity contribution in [1.29, 1.82) is 0 Å². The van der Waals surface area contributed by atoms with E-state index < -0.39 is 0 Å². The van der Waals surface area contributed by atoms with Gasteiger partial charge >= 0.3 is 6.09 Å². The van der Waals surface area contributed by atoms with E-state index >= 15 is 0 Å². The van der Waals surface area contributed by atoms with Gasteiger partial charge < -0.3 is 9.64 Å². The molecule has 132 valence electrons. The molecule has 0 fully saturated rings. The first-order valence-corrected chi connectivity index (χ1v) is 8.93. The van der Waals surface area contributed by atoms with Gasteiger partial charge in [0, 0.05) is 18.9 Å². The van der Waals surface area contributed by atoms with Gasteiger partial charge in [0.15, 0.2) is 5.13 Å². The molecule has 1 aliphatic heterocycles. The van der Waals surface area contributed by atoms with E-state index in [2.05, 4.69) is 15.3 Å². The third-order valence-corrected chi connectivity index (χ3v) is 5.28. The predicted octanol–water partition coefficient (Wildman–Crippen LogP) is 3.07. The van der Waals surface area contributed by atoms with Crippen LogP contribution in [0.5, 0.6) is 0 Å². The van der Waals surface area contributed by atoms with Crippen LogP contribution >= 0.6 is 11.3 Å². The molecule has 7 nitrogen and oxygen atoms in total. The third kappa shape index (κ3) is 2.99. The summed E-state index contributed by atoms with van der Waals surface area (Å²) in [6.07, 6.45) is 3.46. The molecule has 0 atom stereocenters. The number of pyridine rings is 1. The molecule has 0 bridgehead atoms. The van der Waals surface area contributed by atoms with E-state index in [1.807, 2.05) is 24.3 Å². The summed E-state index contributed by atoms with van der Waals surface area (Å²) in [5.74, 6) is -0.236. The molecule has 2 aromatic heterocycles. The number of carbonyl (C=O) groups is 2. The maximum absolute atomic E-state index is 12.7. The van der Waals surface area contributed by atoms with Crippen LogP contribution in [0.3, 0.4) is 0 Å². The second-order valence-corrected chi connectivity index (χ2v) is 6.94. The number of carbonyl (C=O) groups excluding carboxylic acids is 2. The average molecular weight is 368 g/mol. The first kappa shape index (κ1) is 16.5. The molecule has 1 aromatic carbocycles. The van der Waals surface area contributed by atoms with Crippen LogP contribution in [-0.2, 0) is 17.7 Å². The maximum atomic E-state index is 12.7. The number of aromatic nitrogens is 2. The quantitative estimate of drug-likeness (QED) is 0.751. The van der Waals surface area contributed by atoms with Gasteiger partial charge in [0.2, 0.25) is 0 Å². The summed E-state index contributed by atoms with van der Waals surface area (Å²) in [6, 6.07) is 7.74. The fraction of sp³-hybridized carbons (Fsp3) is 0.222. The van der Waals surface area contributed by atoms with Gasteiger partial charge in [-0.2, -0.15) is 0 Å². The Balaban J connectivity index is 1.58. The highest BCUT2D eigenvalue weighted by molar-refractivity contribution is 7.22. The zero-order chi connectivity index (χ0) is 18.1. The smallest absolute Gasteiger partial charge is 0.409 e. The van der Waals surface area contributed by atoms with Crippen molar-refractivity contribution in [3.05, 3.63) is 53.3 Å². The Hall–Kier alpha value is -3.00. The molecule has 8 heteroatoms. The number of benzene rings is 1. The van der Waals surface area contributed by atoms with Crippen molar-refractivity contribution in [2.24, 2.45) is 0 Å². The van der Waals surface area contributed by atoms with Crippen LogP contribution in [0.15, 0.2) is 36.7 Å². The van der Waals surface area contributed by atoms with Crippen LogP contribution < -0.4 is 5.32 Å². The van der Waals surface area contributed by atoms with Gasteiger partial charge in [-0.05, 0) is 29.7 Å². The number of nitrogens with zero attached hydrogens (tertiary/aromatic N) is 3. The van der Waals surface area contributed by atoms with Crippen molar-refractivity contribution >= 4 is 38.7 Å². The van der Waals surface area contributed by atoms with Crippen molar-refractivity contribution in [1.82, 2.24) is 14.9 Å². The summed E-state index contributed by atoms with van der Waals surface area (Å²) in [7, 11) is 1.36. The highest BCUT2D eigenvalue weighted by Gasteiger charge is 2.25. The van der Waals surface area contributed by atoms with E-state index in [-0.39, 0.29) is 12.0 Å². The van der Waals surface area contributed by atoms with Crippen LogP contribution in [0.2, 0.25) is 0 Å². The number of hydrogen-bond donors (Lipinski definition) is 1. The van der Waals surface area contributed by atoms with Crippen molar-refractivity contribution in [3.63, 3.8) is 0 Å². The summed E-state index contributed by atoms with van der Waals surface area (Å²) in [4.78, 5) is 34.7. The number of hydrogen-bond acceptors (Lipinski definition) is 6. The fourth-order valence-corrected chi connectivity index (χ4v) is 3.93. The lowest BCUT2D eigenvalue weighted by Gasteiger charge is -2.28. The molecule has 3 heterocycles. The van der Waals surface area contributed by atoms with Crippen LogP contribution in [-0.4, -0.2) is 40.5 Å². The van der Waals surface area contributed by atoms with Crippen molar-refractivity contribution in [2.45, 2.75) is 13.0 Å². The zero-order valence-corrected chi connectivity index (χ0v) is 14.9. The lowest BCUT2D eigenvalue weighted by molar-refractivity contribution is 0.102. The lowest BCUT2D eigenvalue weighted by Crippen LogP contribution is -2.36. The van der Waals surface area contributed by atoms with E-state index in [1.165, 1.54) is 18.4 Å². The minimum Gasteiger partial charge on any atom is -0.453 e. The van der Waals surface area contributed by atoms with E-state index in [4.69, 9.17) is 4.74 Å². The Kier molecular flexibility index (Phi) is 4.26. The zero-order valence-electron chi connectivity index (χ0n) is 14.1. The van der Waals surface area contributed by atoms with Crippen LogP contribution in [0, 0.1) is 0 Å². The SMILES string of the molecule is COC(=O)N1CCc2c(cncc2C(=O)Nc2nc3ccccc3s2)C1. The van der Waals surface area contributed by atoms with Crippen LogP contribution in [0.25, 0.3) is 10.2 Å². The van der Waals surface area contributed by atoms with Gasteiger partial charge in [0.25, 0.3) is 5.91 Å². The standard InChI is InChI=1S/C18H16N4O3S/c1-25-18(24)22-7-6-12-11(10-22)8-19-9-13(12)16(23)21-17-20-14-4-2-3-5-15(14)26-17/h2-5,8-9H,6-7,10H2,1H3,(H,20,21,23). The average Bonchev–Trinajstić information content (AvgIpc) is 3.08. The van der Waals surface area contributed by atoms with Crippen LogP contribution in [0.1, 0.15) is 21.5 Å². The van der Waals surface area contributed by atoms with Gasteiger partial charge in [-0.3, -0.25) is 15.1 Å². The third-order valence-electron chi connectivity index (χ3n) is 4.33. The first-order chi connectivity index (χ1) is 12.7. The van der Waals surface area contributed by atoms with E-state index in [0.29, 0.717) is 30.2 Å². The largest absolute Gasteiger partial charge is 0.453 e. The first-order valence-electron chi connectivity index (χ1n) is 8.11. The minimum atomic E-state index is -0.375. The summed E-state index contributed by atoms with van der Waals surface area (Å²) in [6.45, 7) is 0.891. The molecule has 0 saturated carbocycles. The van der Waals surface area contributed by atoms with Crippen molar-refractivity contribution in [2.75, 3.05) is 19.0 Å². The summed E-state index contributed by atoms with van der Waals surface area (Å²) < 4.78 is 5.79. The molecule has 1 aliphatic rings. The highest BCUT2D eigenvalue weighted by Crippen LogP contribution is 2.27. The molecule has 0 spiro atoms. The van der Waals surface area contributed by atoms with Crippen molar-refractivity contribution in [3.8, 4) is 0 Å². The maximum Gasteiger partial charge on any atom is 0.409 e. The normalized spacial score (nSPS) is 13.3. The Morgan fingerprint density at radius 1 is 1.27 bits per heavy atom. The Bertz CT molecular complexity index is 968. The monoisotopic (exact) mass is 368 g/mol. The highest BCUT2D eigenvalue weighted by atomic mass is 32.1. The molecule has 26 heavy (non-hydrogen) atoms. The molecule has 0 radical (unpaired) electrons. The summed E-state index contributed by atoms with van der Waals surface area (Å²) >= 11 is 1.43. The fourth-order valence-electron chi connectivity index (χ4n) is 3.06. The molecule has 2 amide bonds. The molecular formula is C18H16N4O3S. The number of thiazole rings is 1. The second-order valence-electron chi connectivity index (χ2n) is 5.91. The molecule has 3 aromatic rings. The number of anilines is 1. The molecule has 0 saturated heterocycles. The minimum absolute atomic E-state index is 0.236. The number of methoxy groups -OCH3 is 1. The summed E-state index contributed by atoms with van der Waals surface area (Å²) in [5, 5.41) is 3.42. The number of para-hydroxylation sites is 1. The number of ether oxygens (including phenoxy) is 1. The van der Waals surface area contributed by atoms with Gasteiger partial charge in [-0.1, -0.05) is 23.5 Å². The molecule has 1 N–H and O–H groups in total. The molecule has 4 rings (SSSR count). The Labute approximate surface area is 153 Å². The van der Waals surface area contributed by atoms with Gasteiger partial charge in [-0.15, -0.1) is 0 Å². The Morgan fingerprint density at radius 3 is 2.92 bits per heavy atom. The molecular weight excluding hydrogens is 352 g/mol. The molecule has 0 unspecified atom stereocenters. The van der Waals surface area contributed by atoms with E-state index in [9.17, 15) is 9.59 Å². The van der Waals surface area contributed by atoms with Gasteiger partial charge in [-0.25, -0.2) is 9.78 Å². The number of fused-ring (bicyclic) bond motifs is 2. The van der Waals surface area contributed by atoms with E-state index in [1.54, 1.807) is 17.3 Å². The number of amides is 2. The summed E-state index contributed by atoms with van der Waals surface area (Å²) in [5.41, 5.74) is 3.15. The second kappa shape index (κ2) is 6.72. The number of rotatable bonds is 2. The van der Waals surface area contributed by atoms with Gasteiger partial charge in [0.05, 0.1) is 29.4 Å². The van der Waals surface area contributed by atoms with Gasteiger partial charge in [0.1, 0.15) is 0 Å². The van der Waals surface area contributed by atoms with Crippen molar-refractivity contribution < 1.29 is 14.3 Å². The van der Waals surface area contributed by atoms with Crippen LogP contribution in [0.4, 0.5) is 9.93 Å². The topological polar surface area (TPSA) is 84.4 Å². The predicted molar refractivity (Wildman–Crippen MR) is 98.3 cm³/mol. The van der Waals surface area contributed by atoms with E-state index in [0.717, 1.165) is 21.3 Å². The molecule has 0 aliphatic carbocycles. The Morgan fingerprint density at radius 2 is 2.12 bits per heavy atom. The number of nitrogens with one attached hydrogen (secondary N) is 1.